The first kappa shape index (κ1) is 7.73. The topological polar surface area (TPSA) is 0 Å². The van der Waals surface area contributed by atoms with Crippen LogP contribution in [0.2, 0.25) is 0 Å². The van der Waals surface area contributed by atoms with Crippen LogP contribution in [0.15, 0.2) is 22.7 Å². The van der Waals surface area contributed by atoms with Crippen molar-refractivity contribution >= 4 is 15.9 Å². The van der Waals surface area contributed by atoms with Crippen LogP contribution >= 0.6 is 15.9 Å². The van der Waals surface area contributed by atoms with Crippen LogP contribution in [0, 0.1) is 5.82 Å². The Kier molecular flexibility index (Phi) is 2.44. The predicted octanol–water partition coefficient (Wildman–Crippen LogP) is 3.15. The summed E-state index contributed by atoms with van der Waals surface area (Å²) in [6.07, 6.45) is 0.729. The van der Waals surface area contributed by atoms with Crippen molar-refractivity contribution in [2.45, 2.75) is 13.3 Å². The summed E-state index contributed by atoms with van der Waals surface area (Å²) in [7, 11) is 0. The highest BCUT2D eigenvalue weighted by Crippen LogP contribution is 2.19. The van der Waals surface area contributed by atoms with E-state index in [4.69, 9.17) is 0 Å². The van der Waals surface area contributed by atoms with Gasteiger partial charge in [-0.2, -0.15) is 0 Å². The van der Waals surface area contributed by atoms with Crippen LogP contribution < -0.4 is 0 Å². The lowest BCUT2D eigenvalue weighted by Gasteiger charge is -2.00. The highest BCUT2D eigenvalue weighted by molar-refractivity contribution is 9.10. The van der Waals surface area contributed by atoms with Crippen molar-refractivity contribution in [3.63, 3.8) is 0 Å². The molecule has 0 spiro atoms. The number of halogens is 2. The average molecular weight is 203 g/mol. The molecule has 0 fully saturated rings. The van der Waals surface area contributed by atoms with E-state index in [0.717, 1.165) is 16.5 Å². The van der Waals surface area contributed by atoms with E-state index in [2.05, 4.69) is 15.9 Å². The Morgan fingerprint density at radius 3 is 2.60 bits per heavy atom. The van der Waals surface area contributed by atoms with Crippen LogP contribution in [0.5, 0.6) is 0 Å². The third kappa shape index (κ3) is 1.37. The first-order valence-electron chi connectivity index (χ1n) is 3.18. The zero-order valence-corrected chi connectivity index (χ0v) is 7.28. The van der Waals surface area contributed by atoms with Crippen LogP contribution in [-0.4, -0.2) is 0 Å². The van der Waals surface area contributed by atoms with Gasteiger partial charge in [-0.05, 0) is 18.6 Å². The van der Waals surface area contributed by atoms with Crippen molar-refractivity contribution < 1.29 is 4.39 Å². The minimum Gasteiger partial charge on any atom is -0.207 e. The molecule has 1 rings (SSSR count). The number of hydrogen-bond donors (Lipinski definition) is 0. The van der Waals surface area contributed by atoms with Crippen LogP contribution in [0.25, 0.3) is 0 Å². The first-order chi connectivity index (χ1) is 4.75. The Balaban J connectivity index is 3.17. The summed E-state index contributed by atoms with van der Waals surface area (Å²) in [6, 6.07) is 5.02. The first-order valence-corrected chi connectivity index (χ1v) is 3.98. The second-order valence-electron chi connectivity index (χ2n) is 2.05. The zero-order valence-electron chi connectivity index (χ0n) is 5.70. The summed E-state index contributed by atoms with van der Waals surface area (Å²) in [5.74, 6) is -0.128. The van der Waals surface area contributed by atoms with Gasteiger partial charge in [0.25, 0.3) is 0 Å². The molecule has 0 aliphatic carbocycles. The smallest absolute Gasteiger partial charge is 0.127 e. The average Bonchev–Trinajstić information content (AvgIpc) is 1.88. The third-order valence-corrected chi connectivity index (χ3v) is 2.16. The van der Waals surface area contributed by atoms with Gasteiger partial charge in [0.2, 0.25) is 0 Å². The summed E-state index contributed by atoms with van der Waals surface area (Å²) in [5, 5.41) is 0. The van der Waals surface area contributed by atoms with Crippen molar-refractivity contribution in [1.29, 1.82) is 0 Å². The van der Waals surface area contributed by atoms with E-state index in [1.54, 1.807) is 6.07 Å². The lowest BCUT2D eigenvalue weighted by atomic mass is 10.2. The SMILES string of the molecule is CCc1c(F)cccc1Br. The lowest BCUT2D eigenvalue weighted by Crippen LogP contribution is -1.87. The van der Waals surface area contributed by atoms with Crippen molar-refractivity contribution in [3.8, 4) is 0 Å². The quantitative estimate of drug-likeness (QED) is 0.657. The van der Waals surface area contributed by atoms with E-state index in [1.165, 1.54) is 6.07 Å². The summed E-state index contributed by atoms with van der Waals surface area (Å²) in [5.41, 5.74) is 0.752. The molecular weight excluding hydrogens is 195 g/mol. The Bertz CT molecular complexity index is 212. The zero-order chi connectivity index (χ0) is 7.56. The molecule has 0 aliphatic rings. The summed E-state index contributed by atoms with van der Waals surface area (Å²) in [6.45, 7) is 1.93. The van der Waals surface area contributed by atoms with Gasteiger partial charge >= 0.3 is 0 Å². The molecule has 0 aromatic heterocycles. The molecule has 10 heavy (non-hydrogen) atoms. The fraction of sp³-hybridized carbons (Fsp3) is 0.250. The monoisotopic (exact) mass is 202 g/mol. The lowest BCUT2D eigenvalue weighted by molar-refractivity contribution is 0.611. The third-order valence-electron chi connectivity index (χ3n) is 1.42. The Morgan fingerprint density at radius 1 is 1.50 bits per heavy atom. The maximum absolute atomic E-state index is 12.8. The minimum absolute atomic E-state index is 0.128. The second kappa shape index (κ2) is 3.15. The fourth-order valence-corrected chi connectivity index (χ4v) is 1.49. The van der Waals surface area contributed by atoms with Crippen molar-refractivity contribution in [2.75, 3.05) is 0 Å². The van der Waals surface area contributed by atoms with Gasteiger partial charge in [-0.15, -0.1) is 0 Å². The van der Waals surface area contributed by atoms with Crippen molar-refractivity contribution in [1.82, 2.24) is 0 Å². The van der Waals surface area contributed by atoms with Crippen LogP contribution in [-0.2, 0) is 6.42 Å². The van der Waals surface area contributed by atoms with Gasteiger partial charge in [0.05, 0.1) is 0 Å². The molecule has 0 unspecified atom stereocenters. The normalized spacial score (nSPS) is 9.90. The number of benzene rings is 1. The molecule has 0 nitrogen and oxygen atoms in total. The molecule has 0 bridgehead atoms. The van der Waals surface area contributed by atoms with Crippen LogP contribution in [0.3, 0.4) is 0 Å². The molecule has 1 aromatic rings. The standard InChI is InChI=1S/C8H8BrF/c1-2-6-7(9)4-3-5-8(6)10/h3-5H,2H2,1H3. The molecule has 0 radical (unpaired) electrons. The highest BCUT2D eigenvalue weighted by atomic mass is 79.9. The molecule has 0 atom stereocenters. The van der Waals surface area contributed by atoms with Gasteiger partial charge in [-0.1, -0.05) is 28.9 Å². The Morgan fingerprint density at radius 2 is 2.20 bits per heavy atom. The largest absolute Gasteiger partial charge is 0.207 e. The van der Waals surface area contributed by atoms with Crippen LogP contribution in [0.4, 0.5) is 4.39 Å². The molecule has 0 heterocycles. The van der Waals surface area contributed by atoms with E-state index < -0.39 is 0 Å². The minimum atomic E-state index is -0.128. The van der Waals surface area contributed by atoms with E-state index in [1.807, 2.05) is 13.0 Å². The highest BCUT2D eigenvalue weighted by Gasteiger charge is 2.01. The van der Waals surface area contributed by atoms with E-state index in [-0.39, 0.29) is 5.82 Å². The second-order valence-corrected chi connectivity index (χ2v) is 2.91. The van der Waals surface area contributed by atoms with Gasteiger partial charge in [-0.3, -0.25) is 0 Å². The molecule has 2 heteroatoms. The van der Waals surface area contributed by atoms with Gasteiger partial charge in [0.15, 0.2) is 0 Å². The number of hydrogen-bond acceptors (Lipinski definition) is 0. The summed E-state index contributed by atoms with van der Waals surface area (Å²) < 4.78 is 13.7. The van der Waals surface area contributed by atoms with E-state index in [0.29, 0.717) is 0 Å². The molecule has 0 N–H and O–H groups in total. The Hall–Kier alpha value is -0.370. The van der Waals surface area contributed by atoms with Gasteiger partial charge in [-0.25, -0.2) is 4.39 Å². The number of rotatable bonds is 1. The molecule has 0 saturated heterocycles. The van der Waals surface area contributed by atoms with Crippen molar-refractivity contribution in [3.05, 3.63) is 34.1 Å². The maximum Gasteiger partial charge on any atom is 0.127 e. The van der Waals surface area contributed by atoms with Gasteiger partial charge < -0.3 is 0 Å². The van der Waals surface area contributed by atoms with E-state index >= 15 is 0 Å². The van der Waals surface area contributed by atoms with E-state index in [9.17, 15) is 4.39 Å². The Labute approximate surface area is 68.2 Å². The summed E-state index contributed by atoms with van der Waals surface area (Å²) >= 11 is 3.27. The molecule has 0 amide bonds. The fourth-order valence-electron chi connectivity index (χ4n) is 0.870. The van der Waals surface area contributed by atoms with Crippen LogP contribution in [0.1, 0.15) is 12.5 Å². The molecule has 0 aliphatic heterocycles. The van der Waals surface area contributed by atoms with Gasteiger partial charge in [0, 0.05) is 10.0 Å². The molecule has 0 saturated carbocycles. The molecule has 54 valence electrons. The molecule has 1 aromatic carbocycles. The van der Waals surface area contributed by atoms with Gasteiger partial charge in [0.1, 0.15) is 5.82 Å². The molecular formula is C8H8BrF. The summed E-state index contributed by atoms with van der Waals surface area (Å²) in [4.78, 5) is 0. The predicted molar refractivity (Wildman–Crippen MR) is 43.5 cm³/mol. The van der Waals surface area contributed by atoms with Crippen molar-refractivity contribution in [2.24, 2.45) is 0 Å². The maximum atomic E-state index is 12.8.